The second kappa shape index (κ2) is 14.9. The van der Waals surface area contributed by atoms with Gasteiger partial charge < -0.3 is 30.1 Å². The Bertz CT molecular complexity index is 2130. The van der Waals surface area contributed by atoms with Gasteiger partial charge in [0.05, 0.1) is 12.0 Å². The zero-order chi connectivity index (χ0) is 39.1. The van der Waals surface area contributed by atoms with Crippen LogP contribution in [-0.4, -0.2) is 92.9 Å². The number of fused-ring (bicyclic) bond motifs is 1. The summed E-state index contributed by atoms with van der Waals surface area (Å²) >= 11 is 6.08. The lowest BCUT2D eigenvalue weighted by Gasteiger charge is -2.30. The number of halogens is 4. The molecule has 2 N–H and O–H groups in total. The molecule has 292 valence electrons. The number of alkyl halides is 3. The van der Waals surface area contributed by atoms with Gasteiger partial charge in [-0.1, -0.05) is 48.0 Å². The molecule has 16 heteroatoms. The second-order valence-electron chi connectivity index (χ2n) is 15.1. The molecule has 1 spiro atoms. The average Bonchev–Trinajstić information content (AvgIpc) is 3.65. The van der Waals surface area contributed by atoms with Crippen molar-refractivity contribution in [2.24, 2.45) is 5.41 Å². The van der Waals surface area contributed by atoms with Gasteiger partial charge >= 0.3 is 24.0 Å². The van der Waals surface area contributed by atoms with Gasteiger partial charge in [0.15, 0.2) is 0 Å². The highest BCUT2D eigenvalue weighted by molar-refractivity contribution is 6.35. The third kappa shape index (κ3) is 8.23. The number of benzene rings is 3. The summed E-state index contributed by atoms with van der Waals surface area (Å²) in [5, 5.41) is 6.96. The van der Waals surface area contributed by atoms with E-state index in [1.807, 2.05) is 30.3 Å². The number of nitrogens with zero attached hydrogens (tertiary/aromatic N) is 6. The van der Waals surface area contributed by atoms with Crippen LogP contribution in [0.4, 0.5) is 30.8 Å². The van der Waals surface area contributed by atoms with Gasteiger partial charge in [-0.2, -0.15) is 28.1 Å². The summed E-state index contributed by atoms with van der Waals surface area (Å²) in [7, 11) is 0. The summed E-state index contributed by atoms with van der Waals surface area (Å²) in [5.41, 5.74) is 3.51. The van der Waals surface area contributed by atoms with Crippen LogP contribution < -0.4 is 15.4 Å². The van der Waals surface area contributed by atoms with E-state index < -0.39 is 36.6 Å². The summed E-state index contributed by atoms with van der Waals surface area (Å²) in [6.07, 6.45) is -1.84. The number of likely N-dealkylation sites (tertiary alicyclic amines) is 2. The van der Waals surface area contributed by atoms with E-state index >= 15 is 0 Å². The van der Waals surface area contributed by atoms with Gasteiger partial charge in [0.1, 0.15) is 6.61 Å². The SMILES string of the molecule is O=C(C(=O)N1CCC2(CCN(C(=O)c3ccc(Nc4nc(NC5(c6ccc(Cl)cc6)CC5)nc(OCCC(F)(F)F)n4)cc3)C2)C1)N1CCc2ccccc2C1. The molecule has 3 amide bonds. The zero-order valence-electron chi connectivity index (χ0n) is 30.4. The van der Waals surface area contributed by atoms with E-state index in [-0.39, 0.29) is 29.2 Å². The first kappa shape index (κ1) is 37.5. The largest absolute Gasteiger partial charge is 0.463 e. The normalized spacial score (nSPS) is 19.8. The molecule has 1 aromatic heterocycles. The Hall–Kier alpha value is -5.44. The Kier molecular flexibility index (Phi) is 9.97. The van der Waals surface area contributed by atoms with Gasteiger partial charge in [0.25, 0.3) is 5.91 Å². The maximum absolute atomic E-state index is 13.6. The number of ether oxygens (including phenoxy) is 1. The lowest BCUT2D eigenvalue weighted by Crippen LogP contribution is -2.47. The van der Waals surface area contributed by atoms with E-state index in [0.29, 0.717) is 62.0 Å². The number of amides is 3. The molecule has 1 aliphatic carbocycles. The lowest BCUT2D eigenvalue weighted by atomic mass is 9.86. The third-order valence-corrected chi connectivity index (χ3v) is 11.4. The van der Waals surface area contributed by atoms with Crippen LogP contribution in [0.5, 0.6) is 6.01 Å². The molecule has 1 atom stereocenters. The second-order valence-corrected chi connectivity index (χ2v) is 15.5. The number of nitrogens with one attached hydrogen (secondary N) is 2. The average molecular weight is 789 g/mol. The van der Waals surface area contributed by atoms with Crippen molar-refractivity contribution < 1.29 is 32.3 Å². The summed E-state index contributed by atoms with van der Waals surface area (Å²) in [5.74, 6) is -0.939. The maximum atomic E-state index is 13.6. The highest BCUT2D eigenvalue weighted by Crippen LogP contribution is 2.48. The van der Waals surface area contributed by atoms with Crippen molar-refractivity contribution in [1.29, 1.82) is 0 Å². The van der Waals surface area contributed by atoms with Crippen molar-refractivity contribution in [1.82, 2.24) is 29.7 Å². The minimum atomic E-state index is -4.41. The van der Waals surface area contributed by atoms with Crippen molar-refractivity contribution in [3.63, 3.8) is 0 Å². The Labute approximate surface area is 326 Å². The predicted molar refractivity (Wildman–Crippen MR) is 201 cm³/mol. The molecule has 0 radical (unpaired) electrons. The molecular formula is C40H40ClF3N8O4. The van der Waals surface area contributed by atoms with Crippen molar-refractivity contribution in [3.8, 4) is 6.01 Å². The molecule has 4 heterocycles. The Morgan fingerprint density at radius 3 is 2.14 bits per heavy atom. The van der Waals surface area contributed by atoms with E-state index in [4.69, 9.17) is 16.3 Å². The first-order chi connectivity index (χ1) is 26.9. The Balaban J connectivity index is 0.894. The number of hydrogen-bond donors (Lipinski definition) is 2. The molecule has 3 aliphatic heterocycles. The van der Waals surface area contributed by atoms with Gasteiger partial charge in [-0.25, -0.2) is 0 Å². The molecule has 12 nitrogen and oxygen atoms in total. The Morgan fingerprint density at radius 1 is 0.768 bits per heavy atom. The third-order valence-electron chi connectivity index (χ3n) is 11.2. The molecule has 8 rings (SSSR count). The van der Waals surface area contributed by atoms with Crippen LogP contribution in [0.25, 0.3) is 0 Å². The van der Waals surface area contributed by atoms with Crippen LogP contribution in [-0.2, 0) is 28.1 Å². The minimum Gasteiger partial charge on any atom is -0.463 e. The lowest BCUT2D eigenvalue weighted by molar-refractivity contribution is -0.152. The molecule has 3 fully saturated rings. The van der Waals surface area contributed by atoms with Gasteiger partial charge in [0, 0.05) is 61.0 Å². The monoisotopic (exact) mass is 788 g/mol. The predicted octanol–water partition coefficient (Wildman–Crippen LogP) is 6.35. The number of rotatable bonds is 9. The van der Waals surface area contributed by atoms with Crippen molar-refractivity contribution >= 4 is 46.9 Å². The van der Waals surface area contributed by atoms with Gasteiger partial charge in [-0.15, -0.1) is 0 Å². The Morgan fingerprint density at radius 2 is 1.43 bits per heavy atom. The van der Waals surface area contributed by atoms with Crippen LogP contribution in [0.15, 0.2) is 72.8 Å². The van der Waals surface area contributed by atoms with E-state index in [1.165, 1.54) is 5.56 Å². The van der Waals surface area contributed by atoms with Crippen LogP contribution in [0.1, 0.15) is 59.2 Å². The van der Waals surface area contributed by atoms with E-state index in [1.54, 1.807) is 51.1 Å². The fraction of sp³-hybridized carbons (Fsp3) is 0.400. The van der Waals surface area contributed by atoms with Crippen LogP contribution in [0.2, 0.25) is 5.02 Å². The first-order valence-corrected chi connectivity index (χ1v) is 19.1. The molecular weight excluding hydrogens is 749 g/mol. The maximum Gasteiger partial charge on any atom is 0.392 e. The van der Waals surface area contributed by atoms with E-state index in [9.17, 15) is 27.6 Å². The number of anilines is 3. The molecule has 1 saturated carbocycles. The summed E-state index contributed by atoms with van der Waals surface area (Å²) in [4.78, 5) is 58.2. The molecule has 56 heavy (non-hydrogen) atoms. The fourth-order valence-corrected chi connectivity index (χ4v) is 8.01. The number of aromatic nitrogens is 3. The van der Waals surface area contributed by atoms with Gasteiger partial charge in [-0.3, -0.25) is 14.4 Å². The smallest absolute Gasteiger partial charge is 0.392 e. The summed E-state index contributed by atoms with van der Waals surface area (Å²) < 4.78 is 43.9. The number of carbonyl (C=O) groups is 3. The molecule has 4 aliphatic rings. The van der Waals surface area contributed by atoms with E-state index in [0.717, 1.165) is 36.8 Å². The van der Waals surface area contributed by atoms with Crippen LogP contribution in [0.3, 0.4) is 0 Å². The zero-order valence-corrected chi connectivity index (χ0v) is 31.2. The van der Waals surface area contributed by atoms with Gasteiger partial charge in [0.2, 0.25) is 11.9 Å². The fourth-order valence-electron chi connectivity index (χ4n) is 7.88. The molecule has 1 unspecified atom stereocenters. The minimum absolute atomic E-state index is 0.0425. The number of carbonyl (C=O) groups excluding carboxylic acids is 3. The summed E-state index contributed by atoms with van der Waals surface area (Å²) in [6.45, 7) is 2.20. The van der Waals surface area contributed by atoms with Crippen molar-refractivity contribution in [2.45, 2.75) is 56.8 Å². The topological polar surface area (TPSA) is 133 Å². The molecule has 2 saturated heterocycles. The summed E-state index contributed by atoms with van der Waals surface area (Å²) in [6, 6.07) is 21.8. The van der Waals surface area contributed by atoms with Crippen LogP contribution >= 0.6 is 11.6 Å². The molecule has 0 bridgehead atoms. The number of hydrogen-bond acceptors (Lipinski definition) is 9. The molecule has 3 aromatic carbocycles. The highest BCUT2D eigenvalue weighted by Gasteiger charge is 2.48. The standard InChI is InChI=1S/C40H40ClF3N8O4/c41-30-9-7-29(8-10-30)39(14-15-39)49-36-46-35(47-37(48-36)56-22-18-40(42,43)44)45-31-11-5-27(6-12-31)32(53)51-20-16-38(24-51)17-21-52(25-38)34(55)33(54)50-19-13-26-3-1-2-4-28(26)23-50/h1-12H,13-25H2,(H2,45,46,47,48,49). The molecule has 4 aromatic rings. The first-order valence-electron chi connectivity index (χ1n) is 18.7. The van der Waals surface area contributed by atoms with Crippen LogP contribution in [0, 0.1) is 5.41 Å². The van der Waals surface area contributed by atoms with E-state index in [2.05, 4.69) is 31.7 Å². The quantitative estimate of drug-likeness (QED) is 0.186. The van der Waals surface area contributed by atoms with Crippen molar-refractivity contribution in [3.05, 3.63) is 100 Å². The highest BCUT2D eigenvalue weighted by atomic mass is 35.5. The van der Waals surface area contributed by atoms with Gasteiger partial charge in [-0.05, 0) is 85.2 Å². The van der Waals surface area contributed by atoms with Crippen molar-refractivity contribution in [2.75, 3.05) is 50.0 Å².